The van der Waals surface area contributed by atoms with Gasteiger partial charge in [0.05, 0.1) is 5.69 Å². The van der Waals surface area contributed by atoms with Crippen molar-refractivity contribution in [3.8, 4) is 0 Å². The van der Waals surface area contributed by atoms with Gasteiger partial charge in [-0.05, 0) is 30.4 Å². The molecule has 0 radical (unpaired) electrons. The number of nitrogens with one attached hydrogen (secondary N) is 1. The summed E-state index contributed by atoms with van der Waals surface area (Å²) in [5.41, 5.74) is 5.42. The number of nitrogens with two attached hydrogens (primary N) is 1. The number of anilines is 1. The van der Waals surface area contributed by atoms with E-state index in [1.54, 1.807) is 12.4 Å². The predicted octanol–water partition coefficient (Wildman–Crippen LogP) is 1.70. The molecule has 0 atom stereocenters. The summed E-state index contributed by atoms with van der Waals surface area (Å²) in [6, 6.07) is 7.50. The summed E-state index contributed by atoms with van der Waals surface area (Å²) in [4.78, 5) is 16.4. The molecule has 20 heavy (non-hydrogen) atoms. The minimum atomic E-state index is -0.862. The molecule has 6 heteroatoms. The summed E-state index contributed by atoms with van der Waals surface area (Å²) in [5.74, 6) is -0.280. The van der Waals surface area contributed by atoms with Crippen molar-refractivity contribution in [3.63, 3.8) is 0 Å². The molecular formula is C14H14N4O2. The lowest BCUT2D eigenvalue weighted by molar-refractivity contribution is -0.119. The van der Waals surface area contributed by atoms with Crippen molar-refractivity contribution in [2.24, 2.45) is 16.3 Å². The molecule has 1 amide bonds. The number of hydrogen-bond donors (Lipinski definition) is 3. The Bertz CT molecular complexity index is 702. The SMILES string of the molecule is N/C(=N/O)C1(C(=O)Nc2cccc3ccncc23)CC1. The quantitative estimate of drug-likeness (QED) is 0.342. The van der Waals surface area contributed by atoms with E-state index in [-0.39, 0.29) is 11.7 Å². The van der Waals surface area contributed by atoms with Gasteiger partial charge in [0, 0.05) is 17.8 Å². The molecule has 0 spiro atoms. The number of carbonyl (C=O) groups excluding carboxylic acids is 1. The molecule has 0 bridgehead atoms. The Kier molecular flexibility index (Phi) is 2.78. The van der Waals surface area contributed by atoms with Crippen molar-refractivity contribution >= 4 is 28.2 Å². The Balaban J connectivity index is 1.93. The lowest BCUT2D eigenvalue weighted by Gasteiger charge is -2.14. The molecule has 0 unspecified atom stereocenters. The number of oxime groups is 1. The highest BCUT2D eigenvalue weighted by molar-refractivity contribution is 6.16. The zero-order valence-corrected chi connectivity index (χ0v) is 10.7. The zero-order valence-electron chi connectivity index (χ0n) is 10.7. The van der Waals surface area contributed by atoms with Gasteiger partial charge < -0.3 is 16.3 Å². The summed E-state index contributed by atoms with van der Waals surface area (Å²) >= 11 is 0. The maximum atomic E-state index is 12.3. The van der Waals surface area contributed by atoms with Crippen molar-refractivity contribution in [1.29, 1.82) is 0 Å². The highest BCUT2D eigenvalue weighted by Crippen LogP contribution is 2.47. The van der Waals surface area contributed by atoms with Gasteiger partial charge in [0.25, 0.3) is 0 Å². The second-order valence-corrected chi connectivity index (χ2v) is 4.92. The molecule has 1 saturated carbocycles. The molecule has 1 aromatic heterocycles. The molecule has 1 aliphatic carbocycles. The second-order valence-electron chi connectivity index (χ2n) is 4.92. The largest absolute Gasteiger partial charge is 0.409 e. The number of hydrogen-bond acceptors (Lipinski definition) is 4. The van der Waals surface area contributed by atoms with E-state index in [9.17, 15) is 4.79 Å². The Labute approximate surface area is 115 Å². The Morgan fingerprint density at radius 3 is 2.90 bits per heavy atom. The molecule has 0 aliphatic heterocycles. The average Bonchev–Trinajstić information content (AvgIpc) is 3.28. The number of fused-ring (bicyclic) bond motifs is 1. The van der Waals surface area contributed by atoms with Crippen LogP contribution in [0.2, 0.25) is 0 Å². The number of amides is 1. The van der Waals surface area contributed by atoms with E-state index >= 15 is 0 Å². The van der Waals surface area contributed by atoms with Gasteiger partial charge in [0.15, 0.2) is 5.84 Å². The number of nitrogens with zero attached hydrogens (tertiary/aromatic N) is 2. The molecule has 4 N–H and O–H groups in total. The Hall–Kier alpha value is -2.63. The summed E-state index contributed by atoms with van der Waals surface area (Å²) < 4.78 is 0. The number of carbonyl (C=O) groups is 1. The maximum absolute atomic E-state index is 12.3. The Morgan fingerprint density at radius 2 is 2.20 bits per heavy atom. The van der Waals surface area contributed by atoms with Crippen LogP contribution in [0, 0.1) is 5.41 Å². The summed E-state index contributed by atoms with van der Waals surface area (Å²) in [7, 11) is 0. The van der Waals surface area contributed by atoms with Crippen molar-refractivity contribution in [2.45, 2.75) is 12.8 Å². The number of rotatable bonds is 3. The summed E-state index contributed by atoms with van der Waals surface area (Å²) in [5, 5.41) is 16.4. The average molecular weight is 270 g/mol. The first-order valence-electron chi connectivity index (χ1n) is 6.29. The number of amidine groups is 1. The van der Waals surface area contributed by atoms with Crippen LogP contribution in [0.25, 0.3) is 10.8 Å². The molecule has 2 aromatic rings. The first kappa shape index (κ1) is 12.4. The number of benzene rings is 1. The van der Waals surface area contributed by atoms with Crippen LogP contribution in [0.3, 0.4) is 0 Å². The van der Waals surface area contributed by atoms with Crippen LogP contribution in [0.4, 0.5) is 5.69 Å². The van der Waals surface area contributed by atoms with Gasteiger partial charge >= 0.3 is 0 Å². The third-order valence-electron chi connectivity index (χ3n) is 3.71. The van der Waals surface area contributed by atoms with Crippen LogP contribution >= 0.6 is 0 Å². The van der Waals surface area contributed by atoms with Gasteiger partial charge in [-0.25, -0.2) is 0 Å². The van der Waals surface area contributed by atoms with E-state index in [0.29, 0.717) is 18.5 Å². The van der Waals surface area contributed by atoms with E-state index in [4.69, 9.17) is 10.9 Å². The molecule has 102 valence electrons. The normalized spacial score (nSPS) is 16.9. The minimum Gasteiger partial charge on any atom is -0.409 e. The van der Waals surface area contributed by atoms with Gasteiger partial charge in [-0.15, -0.1) is 0 Å². The fraction of sp³-hybridized carbons (Fsp3) is 0.214. The van der Waals surface area contributed by atoms with E-state index in [0.717, 1.165) is 10.8 Å². The van der Waals surface area contributed by atoms with E-state index in [1.807, 2.05) is 24.3 Å². The van der Waals surface area contributed by atoms with E-state index in [1.165, 1.54) is 0 Å². The summed E-state index contributed by atoms with van der Waals surface area (Å²) in [6.45, 7) is 0. The smallest absolute Gasteiger partial charge is 0.238 e. The van der Waals surface area contributed by atoms with Crippen LogP contribution in [-0.4, -0.2) is 21.9 Å². The topological polar surface area (TPSA) is 101 Å². The van der Waals surface area contributed by atoms with Gasteiger partial charge in [-0.3, -0.25) is 9.78 Å². The molecule has 6 nitrogen and oxygen atoms in total. The summed E-state index contributed by atoms with van der Waals surface area (Å²) in [6.07, 6.45) is 4.59. The van der Waals surface area contributed by atoms with Crippen LogP contribution in [0.15, 0.2) is 41.8 Å². The number of aromatic nitrogens is 1. The van der Waals surface area contributed by atoms with Crippen LogP contribution in [0.1, 0.15) is 12.8 Å². The molecule has 3 rings (SSSR count). The minimum absolute atomic E-state index is 0.0339. The molecule has 1 aliphatic rings. The molecular weight excluding hydrogens is 256 g/mol. The lowest BCUT2D eigenvalue weighted by atomic mass is 10.0. The molecule has 0 saturated heterocycles. The van der Waals surface area contributed by atoms with Crippen LogP contribution < -0.4 is 11.1 Å². The monoisotopic (exact) mass is 270 g/mol. The van der Waals surface area contributed by atoms with Crippen molar-refractivity contribution in [1.82, 2.24) is 4.98 Å². The van der Waals surface area contributed by atoms with Crippen molar-refractivity contribution in [3.05, 3.63) is 36.7 Å². The molecule has 1 aromatic carbocycles. The van der Waals surface area contributed by atoms with E-state index in [2.05, 4.69) is 15.5 Å². The standard InChI is InChI=1S/C14H14N4O2/c15-12(18-20)14(5-6-14)13(19)17-11-3-1-2-9-4-7-16-8-10(9)11/h1-4,7-8,20H,5-6H2,(H2,15,18)(H,17,19). The number of pyridine rings is 1. The third-order valence-corrected chi connectivity index (χ3v) is 3.71. The second kappa shape index (κ2) is 4.48. The van der Waals surface area contributed by atoms with Gasteiger partial charge in [-0.1, -0.05) is 17.3 Å². The van der Waals surface area contributed by atoms with Crippen molar-refractivity contribution in [2.75, 3.05) is 5.32 Å². The first-order valence-corrected chi connectivity index (χ1v) is 6.29. The zero-order chi connectivity index (χ0) is 14.2. The van der Waals surface area contributed by atoms with Crippen LogP contribution in [-0.2, 0) is 4.79 Å². The van der Waals surface area contributed by atoms with Crippen molar-refractivity contribution < 1.29 is 10.0 Å². The Morgan fingerprint density at radius 1 is 1.40 bits per heavy atom. The van der Waals surface area contributed by atoms with Crippen LogP contribution in [0.5, 0.6) is 0 Å². The van der Waals surface area contributed by atoms with Gasteiger partial charge in [-0.2, -0.15) is 0 Å². The molecule has 1 fully saturated rings. The fourth-order valence-corrected chi connectivity index (χ4v) is 2.28. The van der Waals surface area contributed by atoms with Gasteiger partial charge in [0.2, 0.25) is 5.91 Å². The third kappa shape index (κ3) is 1.85. The predicted molar refractivity (Wildman–Crippen MR) is 75.4 cm³/mol. The van der Waals surface area contributed by atoms with Gasteiger partial charge in [0.1, 0.15) is 5.41 Å². The maximum Gasteiger partial charge on any atom is 0.238 e. The van der Waals surface area contributed by atoms with E-state index < -0.39 is 5.41 Å². The fourth-order valence-electron chi connectivity index (χ4n) is 2.28. The molecule has 1 heterocycles. The highest BCUT2D eigenvalue weighted by atomic mass is 16.4. The highest BCUT2D eigenvalue weighted by Gasteiger charge is 2.54. The lowest BCUT2D eigenvalue weighted by Crippen LogP contribution is -2.36. The first-order chi connectivity index (χ1) is 9.67.